The molecule has 1 heterocycles. The normalized spacial score (nSPS) is 13.6. The van der Waals surface area contributed by atoms with E-state index in [-0.39, 0.29) is 11.3 Å². The van der Waals surface area contributed by atoms with Crippen molar-refractivity contribution in [3.05, 3.63) is 101 Å². The molecule has 1 amide bonds. The Hall–Kier alpha value is -3.07. The summed E-state index contributed by atoms with van der Waals surface area (Å²) in [6.45, 7) is 8.55. The van der Waals surface area contributed by atoms with Gasteiger partial charge in [0.25, 0.3) is 5.91 Å². The van der Waals surface area contributed by atoms with Crippen LogP contribution in [-0.4, -0.2) is 17.4 Å². The first-order valence-corrected chi connectivity index (χ1v) is 10.6. The van der Waals surface area contributed by atoms with Crippen molar-refractivity contribution in [3.63, 3.8) is 0 Å². The number of ether oxygens (including phenoxy) is 1. The molecule has 3 aromatic rings. The summed E-state index contributed by atoms with van der Waals surface area (Å²) in [5.41, 5.74) is 5.81. The Labute approximate surface area is 179 Å². The molecule has 1 aliphatic rings. The van der Waals surface area contributed by atoms with Gasteiger partial charge in [0.15, 0.2) is 0 Å². The minimum atomic E-state index is 0.0924. The summed E-state index contributed by atoms with van der Waals surface area (Å²) in [6, 6.07) is 24.4. The molecule has 0 atom stereocenters. The Morgan fingerprint density at radius 1 is 0.900 bits per heavy atom. The highest BCUT2D eigenvalue weighted by Gasteiger charge is 2.21. The lowest BCUT2D eigenvalue weighted by atomic mass is 9.87. The predicted molar refractivity (Wildman–Crippen MR) is 121 cm³/mol. The number of hydrogen-bond acceptors (Lipinski definition) is 2. The second kappa shape index (κ2) is 8.35. The van der Waals surface area contributed by atoms with E-state index in [2.05, 4.69) is 51.1 Å². The molecule has 3 aromatic carbocycles. The molecule has 1 aliphatic heterocycles. The Morgan fingerprint density at radius 2 is 1.57 bits per heavy atom. The molecule has 0 unspecified atom stereocenters. The summed E-state index contributed by atoms with van der Waals surface area (Å²) in [6.07, 6.45) is 0.918. The Kier molecular flexibility index (Phi) is 5.63. The predicted octanol–water partition coefficient (Wildman–Crippen LogP) is 5.76. The number of carbonyl (C=O) groups is 1. The minimum Gasteiger partial charge on any atom is -0.489 e. The van der Waals surface area contributed by atoms with Gasteiger partial charge in [-0.3, -0.25) is 4.79 Å². The van der Waals surface area contributed by atoms with Crippen LogP contribution < -0.4 is 4.74 Å². The topological polar surface area (TPSA) is 29.5 Å². The maximum atomic E-state index is 12.9. The van der Waals surface area contributed by atoms with Crippen molar-refractivity contribution in [2.45, 2.75) is 45.8 Å². The molecule has 0 N–H and O–H groups in total. The number of amides is 1. The van der Waals surface area contributed by atoms with Crippen molar-refractivity contribution < 1.29 is 9.53 Å². The monoisotopic (exact) mass is 399 g/mol. The standard InChI is InChI=1S/C27H29NO2/c1-27(2,3)24-12-14-25(15-13-24)30-19-20-8-10-22(11-9-20)26(29)28-17-16-21-6-4-5-7-23(21)18-28/h4-15H,16-19H2,1-3H3. The highest BCUT2D eigenvalue weighted by molar-refractivity contribution is 5.94. The zero-order chi connectivity index (χ0) is 21.1. The quantitative estimate of drug-likeness (QED) is 0.558. The molecule has 0 fully saturated rings. The molecule has 0 spiro atoms. The molecule has 30 heavy (non-hydrogen) atoms. The lowest BCUT2D eigenvalue weighted by molar-refractivity contribution is 0.0734. The Balaban J connectivity index is 1.35. The van der Waals surface area contributed by atoms with Gasteiger partial charge in [-0.25, -0.2) is 0 Å². The molecule has 0 aliphatic carbocycles. The van der Waals surface area contributed by atoms with Crippen LogP contribution in [0.1, 0.15) is 53.4 Å². The van der Waals surface area contributed by atoms with E-state index in [0.717, 1.165) is 29.8 Å². The minimum absolute atomic E-state index is 0.0924. The van der Waals surface area contributed by atoms with Crippen molar-refractivity contribution in [1.29, 1.82) is 0 Å². The number of benzene rings is 3. The third-order valence-electron chi connectivity index (χ3n) is 5.74. The summed E-state index contributed by atoms with van der Waals surface area (Å²) >= 11 is 0. The average molecular weight is 400 g/mol. The third kappa shape index (κ3) is 4.56. The number of hydrogen-bond donors (Lipinski definition) is 0. The van der Waals surface area contributed by atoms with Crippen LogP contribution in [-0.2, 0) is 25.0 Å². The summed E-state index contributed by atoms with van der Waals surface area (Å²) in [7, 11) is 0. The molecule has 3 heteroatoms. The molecular weight excluding hydrogens is 370 g/mol. The van der Waals surface area contributed by atoms with Gasteiger partial charge in [-0.1, -0.05) is 69.3 Å². The van der Waals surface area contributed by atoms with Crippen molar-refractivity contribution in [1.82, 2.24) is 4.90 Å². The number of fused-ring (bicyclic) bond motifs is 1. The number of nitrogens with zero attached hydrogens (tertiary/aromatic N) is 1. The molecule has 0 saturated heterocycles. The molecule has 154 valence electrons. The molecule has 3 nitrogen and oxygen atoms in total. The summed E-state index contributed by atoms with van der Waals surface area (Å²) in [5, 5.41) is 0. The first kappa shape index (κ1) is 20.2. The summed E-state index contributed by atoms with van der Waals surface area (Å²) in [5.74, 6) is 0.949. The Bertz CT molecular complexity index is 1010. The van der Waals surface area contributed by atoms with Crippen LogP contribution in [0.4, 0.5) is 0 Å². The van der Waals surface area contributed by atoms with Crippen LogP contribution in [0.3, 0.4) is 0 Å². The lowest BCUT2D eigenvalue weighted by Crippen LogP contribution is -2.35. The van der Waals surface area contributed by atoms with Gasteiger partial charge < -0.3 is 9.64 Å². The van der Waals surface area contributed by atoms with Gasteiger partial charge in [0.2, 0.25) is 0 Å². The fourth-order valence-electron chi connectivity index (χ4n) is 3.81. The van der Waals surface area contributed by atoms with E-state index in [0.29, 0.717) is 13.2 Å². The van der Waals surface area contributed by atoms with Crippen molar-refractivity contribution in [2.75, 3.05) is 6.54 Å². The van der Waals surface area contributed by atoms with Crippen LogP contribution in [0.5, 0.6) is 5.75 Å². The molecular formula is C27H29NO2. The van der Waals surface area contributed by atoms with Crippen LogP contribution >= 0.6 is 0 Å². The van der Waals surface area contributed by atoms with Gasteiger partial charge in [0, 0.05) is 18.7 Å². The van der Waals surface area contributed by atoms with Gasteiger partial charge in [-0.15, -0.1) is 0 Å². The van der Waals surface area contributed by atoms with Gasteiger partial charge in [0.05, 0.1) is 0 Å². The molecule has 0 bridgehead atoms. The molecule has 0 saturated carbocycles. The SMILES string of the molecule is CC(C)(C)c1ccc(OCc2ccc(C(=O)N3CCc4ccccc4C3)cc2)cc1. The second-order valence-electron chi connectivity index (χ2n) is 9.01. The van der Waals surface area contributed by atoms with E-state index in [1.54, 1.807) is 0 Å². The average Bonchev–Trinajstić information content (AvgIpc) is 2.77. The fraction of sp³-hybridized carbons (Fsp3) is 0.296. The van der Waals surface area contributed by atoms with Gasteiger partial charge in [-0.05, 0) is 58.4 Å². The van der Waals surface area contributed by atoms with Gasteiger partial charge in [-0.2, -0.15) is 0 Å². The third-order valence-corrected chi connectivity index (χ3v) is 5.74. The zero-order valence-electron chi connectivity index (χ0n) is 18.0. The van der Waals surface area contributed by atoms with Crippen molar-refractivity contribution in [3.8, 4) is 5.75 Å². The fourth-order valence-corrected chi connectivity index (χ4v) is 3.81. The van der Waals surface area contributed by atoms with Gasteiger partial charge in [0.1, 0.15) is 12.4 Å². The summed E-state index contributed by atoms with van der Waals surface area (Å²) in [4.78, 5) is 14.8. The maximum absolute atomic E-state index is 12.9. The first-order valence-electron chi connectivity index (χ1n) is 10.6. The molecule has 0 aromatic heterocycles. The first-order chi connectivity index (χ1) is 14.4. The van der Waals surface area contributed by atoms with E-state index in [1.165, 1.54) is 16.7 Å². The van der Waals surface area contributed by atoms with E-state index < -0.39 is 0 Å². The second-order valence-corrected chi connectivity index (χ2v) is 9.01. The molecule has 0 radical (unpaired) electrons. The van der Waals surface area contributed by atoms with Crippen LogP contribution in [0.2, 0.25) is 0 Å². The van der Waals surface area contributed by atoms with E-state index in [9.17, 15) is 4.79 Å². The number of rotatable bonds is 4. The van der Waals surface area contributed by atoms with E-state index in [4.69, 9.17) is 4.74 Å². The zero-order valence-corrected chi connectivity index (χ0v) is 18.0. The van der Waals surface area contributed by atoms with E-state index in [1.807, 2.05) is 47.4 Å². The van der Waals surface area contributed by atoms with Crippen molar-refractivity contribution in [2.24, 2.45) is 0 Å². The highest BCUT2D eigenvalue weighted by Crippen LogP contribution is 2.25. The Morgan fingerprint density at radius 3 is 2.23 bits per heavy atom. The smallest absolute Gasteiger partial charge is 0.254 e. The largest absolute Gasteiger partial charge is 0.489 e. The summed E-state index contributed by atoms with van der Waals surface area (Å²) < 4.78 is 5.92. The van der Waals surface area contributed by atoms with Crippen LogP contribution in [0.25, 0.3) is 0 Å². The van der Waals surface area contributed by atoms with Crippen LogP contribution in [0.15, 0.2) is 72.8 Å². The van der Waals surface area contributed by atoms with Gasteiger partial charge >= 0.3 is 0 Å². The van der Waals surface area contributed by atoms with Crippen LogP contribution in [0, 0.1) is 0 Å². The van der Waals surface area contributed by atoms with E-state index >= 15 is 0 Å². The molecule has 4 rings (SSSR count). The highest BCUT2D eigenvalue weighted by atomic mass is 16.5. The maximum Gasteiger partial charge on any atom is 0.254 e. The van der Waals surface area contributed by atoms with Crippen molar-refractivity contribution >= 4 is 5.91 Å². The lowest BCUT2D eigenvalue weighted by Gasteiger charge is -2.29. The number of carbonyl (C=O) groups excluding carboxylic acids is 1.